The lowest BCUT2D eigenvalue weighted by atomic mass is 10.0. The van der Waals surface area contributed by atoms with Gasteiger partial charge in [0, 0.05) is 11.4 Å². The molecule has 0 bridgehead atoms. The van der Waals surface area contributed by atoms with Crippen LogP contribution in [0.3, 0.4) is 0 Å². The van der Waals surface area contributed by atoms with Crippen molar-refractivity contribution in [2.24, 2.45) is 0 Å². The Kier molecular flexibility index (Phi) is 16.2. The predicted molar refractivity (Wildman–Crippen MR) is 224 cm³/mol. The van der Waals surface area contributed by atoms with Crippen LogP contribution < -0.4 is 10.6 Å². The van der Waals surface area contributed by atoms with Gasteiger partial charge in [-0.05, 0) is 71.5 Å². The first-order valence-corrected chi connectivity index (χ1v) is 19.9. The number of rotatable bonds is 22. The van der Waals surface area contributed by atoms with Crippen molar-refractivity contribution in [3.05, 3.63) is 132 Å². The van der Waals surface area contributed by atoms with Gasteiger partial charge in [0.2, 0.25) is 0 Å². The van der Waals surface area contributed by atoms with Gasteiger partial charge in [-0.25, -0.2) is 9.59 Å². The maximum atomic E-state index is 13.8. The highest BCUT2D eigenvalue weighted by molar-refractivity contribution is 6.04. The summed E-state index contributed by atoms with van der Waals surface area (Å²) >= 11 is 0. The first kappa shape index (κ1) is 39.8. The summed E-state index contributed by atoms with van der Waals surface area (Å²) < 4.78 is 11.7. The SMILES string of the molecule is CCCCCCCCOC(=O)c1cc(Nc2ccc(-c3ccccc3)cc2)c(C(=O)OCCCCCCCC)cc1Nc1ccc(-c2ccccc2)cc1. The fourth-order valence-corrected chi connectivity index (χ4v) is 6.46. The quantitative estimate of drug-likeness (QED) is 0.0547. The largest absolute Gasteiger partial charge is 0.462 e. The Morgan fingerprint density at radius 1 is 0.426 bits per heavy atom. The Balaban J connectivity index is 1.43. The van der Waals surface area contributed by atoms with Gasteiger partial charge in [-0.2, -0.15) is 0 Å². The van der Waals surface area contributed by atoms with Gasteiger partial charge >= 0.3 is 11.9 Å². The second kappa shape index (κ2) is 22.0. The average molecular weight is 725 g/mol. The van der Waals surface area contributed by atoms with E-state index >= 15 is 0 Å². The fourth-order valence-electron chi connectivity index (χ4n) is 6.46. The van der Waals surface area contributed by atoms with E-state index in [0.717, 1.165) is 72.2 Å². The molecule has 0 radical (unpaired) electrons. The minimum Gasteiger partial charge on any atom is -0.462 e. The number of carbonyl (C=O) groups is 2. The summed E-state index contributed by atoms with van der Waals surface area (Å²) in [6, 6.07) is 39.9. The molecule has 0 spiro atoms. The minimum atomic E-state index is -0.443. The molecular formula is C48H56N2O4. The summed E-state index contributed by atoms with van der Waals surface area (Å²) in [4.78, 5) is 27.7. The zero-order chi connectivity index (χ0) is 37.8. The Labute approximate surface area is 322 Å². The van der Waals surface area contributed by atoms with Gasteiger partial charge in [-0.15, -0.1) is 0 Å². The molecule has 0 unspecified atom stereocenters. The van der Waals surface area contributed by atoms with Gasteiger partial charge in [-0.3, -0.25) is 0 Å². The van der Waals surface area contributed by atoms with Crippen molar-refractivity contribution in [1.82, 2.24) is 0 Å². The number of hydrogen-bond acceptors (Lipinski definition) is 6. The smallest absolute Gasteiger partial charge is 0.340 e. The number of hydrogen-bond donors (Lipinski definition) is 2. The number of unbranched alkanes of at least 4 members (excludes halogenated alkanes) is 10. The van der Waals surface area contributed by atoms with Gasteiger partial charge in [0.25, 0.3) is 0 Å². The molecule has 5 aromatic carbocycles. The molecule has 0 aromatic heterocycles. The van der Waals surface area contributed by atoms with E-state index in [9.17, 15) is 9.59 Å². The molecule has 282 valence electrons. The summed E-state index contributed by atoms with van der Waals surface area (Å²) in [6.45, 7) is 5.08. The molecule has 5 rings (SSSR count). The molecule has 2 N–H and O–H groups in total. The van der Waals surface area contributed by atoms with Crippen LogP contribution >= 0.6 is 0 Å². The summed E-state index contributed by atoms with van der Waals surface area (Å²) in [5, 5.41) is 6.86. The predicted octanol–water partition coefficient (Wildman–Crippen LogP) is 13.5. The number of benzene rings is 5. The second-order valence-corrected chi connectivity index (χ2v) is 13.9. The molecule has 0 amide bonds. The molecule has 0 fully saturated rings. The van der Waals surface area contributed by atoms with Crippen LogP contribution in [0.1, 0.15) is 112 Å². The molecule has 0 atom stereocenters. The van der Waals surface area contributed by atoms with Crippen molar-refractivity contribution in [2.75, 3.05) is 23.8 Å². The van der Waals surface area contributed by atoms with Crippen LogP contribution in [0.5, 0.6) is 0 Å². The number of carbonyl (C=O) groups excluding carboxylic acids is 2. The van der Waals surface area contributed by atoms with Crippen LogP contribution in [-0.4, -0.2) is 25.2 Å². The van der Waals surface area contributed by atoms with Gasteiger partial charge in [-0.1, -0.05) is 163 Å². The third kappa shape index (κ3) is 12.4. The normalized spacial score (nSPS) is 10.9. The molecule has 0 aliphatic heterocycles. The van der Waals surface area contributed by atoms with Crippen LogP contribution in [0.15, 0.2) is 121 Å². The Morgan fingerprint density at radius 3 is 1.13 bits per heavy atom. The van der Waals surface area contributed by atoms with E-state index < -0.39 is 11.9 Å². The average Bonchev–Trinajstić information content (AvgIpc) is 3.21. The summed E-state index contributed by atoms with van der Waals surface area (Å²) in [7, 11) is 0. The van der Waals surface area contributed by atoms with Gasteiger partial charge in [0.15, 0.2) is 0 Å². The molecule has 6 nitrogen and oxygen atoms in total. The maximum Gasteiger partial charge on any atom is 0.340 e. The van der Waals surface area contributed by atoms with Crippen LogP contribution in [-0.2, 0) is 9.47 Å². The van der Waals surface area contributed by atoms with Crippen LogP contribution in [0, 0.1) is 0 Å². The van der Waals surface area contributed by atoms with E-state index in [1.54, 1.807) is 12.1 Å². The molecular weight excluding hydrogens is 669 g/mol. The minimum absolute atomic E-state index is 0.335. The van der Waals surface area contributed by atoms with Crippen molar-refractivity contribution >= 4 is 34.7 Å². The first-order chi connectivity index (χ1) is 26.6. The zero-order valence-corrected chi connectivity index (χ0v) is 32.1. The fraction of sp³-hybridized carbons (Fsp3) is 0.333. The van der Waals surface area contributed by atoms with Crippen molar-refractivity contribution in [3.8, 4) is 22.3 Å². The van der Waals surface area contributed by atoms with Crippen molar-refractivity contribution in [3.63, 3.8) is 0 Å². The van der Waals surface area contributed by atoms with E-state index in [-0.39, 0.29) is 0 Å². The lowest BCUT2D eigenvalue weighted by Crippen LogP contribution is -2.14. The Morgan fingerprint density at radius 2 is 0.759 bits per heavy atom. The van der Waals surface area contributed by atoms with E-state index in [4.69, 9.17) is 9.47 Å². The van der Waals surface area contributed by atoms with Crippen LogP contribution in [0.4, 0.5) is 22.7 Å². The lowest BCUT2D eigenvalue weighted by molar-refractivity contribution is 0.0485. The van der Waals surface area contributed by atoms with E-state index in [0.29, 0.717) is 35.7 Å². The Hall–Kier alpha value is -5.36. The molecule has 0 heterocycles. The standard InChI is InChI=1S/C48H56N2O4/c1-3-5-7-9-11-19-33-53-47(51)43-35-46(50-42-31-27-40(28-32-42)38-23-17-14-18-24-38)44(48(52)54-34-20-12-10-8-6-4-2)36-45(43)49-41-29-25-39(26-30-41)37-21-15-13-16-22-37/h13-18,21-32,35-36,49-50H,3-12,19-20,33-34H2,1-2H3. The molecule has 0 saturated carbocycles. The number of nitrogens with one attached hydrogen (secondary N) is 2. The molecule has 0 aliphatic rings. The summed E-state index contributed by atoms with van der Waals surface area (Å²) in [6.07, 6.45) is 13.1. The van der Waals surface area contributed by atoms with Crippen molar-refractivity contribution < 1.29 is 19.1 Å². The summed E-state index contributed by atoms with van der Waals surface area (Å²) in [5.41, 5.74) is 7.59. The third-order valence-corrected chi connectivity index (χ3v) is 9.60. The topological polar surface area (TPSA) is 76.7 Å². The number of anilines is 4. The Bertz CT molecular complexity index is 1720. The van der Waals surface area contributed by atoms with Crippen LogP contribution in [0.2, 0.25) is 0 Å². The van der Waals surface area contributed by atoms with E-state index in [1.807, 2.05) is 84.9 Å². The third-order valence-electron chi connectivity index (χ3n) is 9.60. The lowest BCUT2D eigenvalue weighted by Gasteiger charge is -2.18. The van der Waals surface area contributed by atoms with Gasteiger partial charge < -0.3 is 20.1 Å². The summed E-state index contributed by atoms with van der Waals surface area (Å²) in [5.74, 6) is -0.886. The van der Waals surface area contributed by atoms with Gasteiger partial charge in [0.05, 0.1) is 35.7 Å². The highest BCUT2D eigenvalue weighted by atomic mass is 16.5. The van der Waals surface area contributed by atoms with E-state index in [2.05, 4.69) is 48.7 Å². The number of ether oxygens (including phenoxy) is 2. The van der Waals surface area contributed by atoms with Crippen molar-refractivity contribution in [2.45, 2.75) is 90.9 Å². The molecule has 5 aromatic rings. The molecule has 0 aliphatic carbocycles. The van der Waals surface area contributed by atoms with Crippen LogP contribution in [0.25, 0.3) is 22.3 Å². The zero-order valence-electron chi connectivity index (χ0n) is 32.1. The van der Waals surface area contributed by atoms with E-state index in [1.165, 1.54) is 38.5 Å². The maximum absolute atomic E-state index is 13.8. The number of esters is 2. The molecule has 54 heavy (non-hydrogen) atoms. The monoisotopic (exact) mass is 724 g/mol. The first-order valence-electron chi connectivity index (χ1n) is 19.9. The highest BCUT2D eigenvalue weighted by Crippen LogP contribution is 2.33. The van der Waals surface area contributed by atoms with Gasteiger partial charge in [0.1, 0.15) is 0 Å². The molecule has 6 heteroatoms. The van der Waals surface area contributed by atoms with Crippen molar-refractivity contribution in [1.29, 1.82) is 0 Å². The highest BCUT2D eigenvalue weighted by Gasteiger charge is 2.22. The molecule has 0 saturated heterocycles. The second-order valence-electron chi connectivity index (χ2n) is 13.9.